The van der Waals surface area contributed by atoms with Crippen LogP contribution in [-0.2, 0) is 28.5 Å². The number of nitrogens with zero attached hydrogens (tertiary/aromatic N) is 3. The zero-order valence-corrected chi connectivity index (χ0v) is 20.7. The third kappa shape index (κ3) is 4.98. The van der Waals surface area contributed by atoms with Gasteiger partial charge in [-0.2, -0.15) is 5.26 Å². The van der Waals surface area contributed by atoms with Gasteiger partial charge in [0.05, 0.1) is 12.6 Å². The van der Waals surface area contributed by atoms with Crippen LogP contribution in [0, 0.1) is 11.3 Å². The lowest BCUT2D eigenvalue weighted by molar-refractivity contribution is -0.237. The molecule has 34 heavy (non-hydrogen) atoms. The minimum Gasteiger partial charge on any atom is -0.342 e. The number of rotatable bonds is 5. The van der Waals surface area contributed by atoms with Crippen LogP contribution in [-0.4, -0.2) is 103 Å². The number of amides is 1. The number of nitrogens with one attached hydrogen (secondary N) is 1. The van der Waals surface area contributed by atoms with Gasteiger partial charge in [0.15, 0.2) is 17.9 Å². The molecule has 0 saturated carbocycles. The van der Waals surface area contributed by atoms with Crippen molar-refractivity contribution in [1.82, 2.24) is 15.1 Å². The summed E-state index contributed by atoms with van der Waals surface area (Å²) in [6.45, 7) is 11.2. The van der Waals surface area contributed by atoms with Gasteiger partial charge >= 0.3 is 0 Å². The molecule has 5 rings (SSSR count). The normalized spacial score (nSPS) is 39.6. The highest BCUT2D eigenvalue weighted by Gasteiger charge is 2.60. The second kappa shape index (κ2) is 9.28. The van der Waals surface area contributed by atoms with Crippen molar-refractivity contribution in [1.29, 1.82) is 5.26 Å². The van der Waals surface area contributed by atoms with E-state index in [9.17, 15) is 10.1 Å². The van der Waals surface area contributed by atoms with Gasteiger partial charge in [0, 0.05) is 19.1 Å². The van der Waals surface area contributed by atoms with Gasteiger partial charge in [-0.3, -0.25) is 4.79 Å². The summed E-state index contributed by atoms with van der Waals surface area (Å²) in [6.07, 6.45) is 2.23. The Kier molecular flexibility index (Phi) is 6.66. The van der Waals surface area contributed by atoms with Crippen LogP contribution in [0.4, 0.5) is 0 Å². The van der Waals surface area contributed by atoms with E-state index in [0.29, 0.717) is 19.1 Å². The number of hydrogen-bond donors (Lipinski definition) is 1. The Bertz CT molecular complexity index is 808. The largest absolute Gasteiger partial charge is 0.342 e. The summed E-state index contributed by atoms with van der Waals surface area (Å²) in [5, 5.41) is 12.6. The van der Waals surface area contributed by atoms with Crippen molar-refractivity contribution in [2.45, 2.75) is 108 Å². The second-order valence-corrected chi connectivity index (χ2v) is 11.0. The maximum atomic E-state index is 12.5. The van der Waals surface area contributed by atoms with Crippen LogP contribution in [0.25, 0.3) is 0 Å². The maximum Gasteiger partial charge on any atom is 0.237 e. The van der Waals surface area contributed by atoms with Gasteiger partial charge in [-0.25, -0.2) is 0 Å². The molecule has 10 heteroatoms. The van der Waals surface area contributed by atoms with Gasteiger partial charge in [0.2, 0.25) is 5.91 Å². The molecule has 1 N–H and O–H groups in total. The van der Waals surface area contributed by atoms with Crippen LogP contribution in [0.2, 0.25) is 0 Å². The predicted molar refractivity (Wildman–Crippen MR) is 120 cm³/mol. The van der Waals surface area contributed by atoms with Crippen molar-refractivity contribution in [3.63, 3.8) is 0 Å². The highest BCUT2D eigenvalue weighted by atomic mass is 16.9. The van der Waals surface area contributed by atoms with Gasteiger partial charge in [-0.05, 0) is 66.5 Å². The molecule has 1 amide bonds. The minimum absolute atomic E-state index is 0.0328. The first kappa shape index (κ1) is 24.4. The number of hydrogen-bond acceptors (Lipinski definition) is 9. The Labute approximate surface area is 201 Å². The molecule has 0 aromatic carbocycles. The molecule has 5 heterocycles. The Morgan fingerprint density at radius 1 is 0.971 bits per heavy atom. The van der Waals surface area contributed by atoms with E-state index in [-0.39, 0.29) is 36.4 Å². The SMILES string of the molecule is CC1(C)O[C@H]2[C@@H](O1)[C@@H](CN1CCC(NCC(=O)N3CCC[C@H]3C#N)CC1)O[C@@H]1OC(C)(C)O[C@@H]12. The number of piperidine rings is 1. The Balaban J connectivity index is 1.12. The summed E-state index contributed by atoms with van der Waals surface area (Å²) in [5.41, 5.74) is 0. The van der Waals surface area contributed by atoms with Crippen LogP contribution in [0.1, 0.15) is 53.4 Å². The third-order valence-corrected chi connectivity index (χ3v) is 7.54. The number of carbonyl (C=O) groups excluding carboxylic acids is 1. The molecular weight excluding hydrogens is 440 g/mol. The Hall–Kier alpha value is -1.32. The molecule has 190 valence electrons. The van der Waals surface area contributed by atoms with E-state index in [0.717, 1.165) is 45.3 Å². The monoisotopic (exact) mass is 478 g/mol. The summed E-state index contributed by atoms with van der Waals surface area (Å²) < 4.78 is 30.9. The molecule has 6 atom stereocenters. The van der Waals surface area contributed by atoms with Crippen LogP contribution >= 0.6 is 0 Å². The smallest absolute Gasteiger partial charge is 0.237 e. The number of likely N-dealkylation sites (tertiary alicyclic amines) is 2. The summed E-state index contributed by atoms with van der Waals surface area (Å²) in [6, 6.07) is 2.27. The van der Waals surface area contributed by atoms with Gasteiger partial charge in [0.1, 0.15) is 30.5 Å². The fourth-order valence-electron chi connectivity index (χ4n) is 5.95. The lowest BCUT2D eigenvalue weighted by Gasteiger charge is -2.41. The fraction of sp³-hybridized carbons (Fsp3) is 0.917. The van der Waals surface area contributed by atoms with E-state index in [1.165, 1.54) is 0 Å². The van der Waals surface area contributed by atoms with Crippen LogP contribution in [0.3, 0.4) is 0 Å². The summed E-state index contributed by atoms with van der Waals surface area (Å²) in [4.78, 5) is 16.6. The van der Waals surface area contributed by atoms with E-state index in [1.54, 1.807) is 4.90 Å². The average Bonchev–Trinajstić information content (AvgIpc) is 3.46. The zero-order valence-electron chi connectivity index (χ0n) is 20.7. The van der Waals surface area contributed by atoms with Gasteiger partial charge in [-0.1, -0.05) is 0 Å². The maximum absolute atomic E-state index is 12.5. The Morgan fingerprint density at radius 2 is 1.65 bits per heavy atom. The van der Waals surface area contributed by atoms with Crippen molar-refractivity contribution in [2.75, 3.05) is 32.7 Å². The van der Waals surface area contributed by atoms with Crippen LogP contribution in [0.15, 0.2) is 0 Å². The molecule has 5 aliphatic heterocycles. The molecule has 0 unspecified atom stereocenters. The summed E-state index contributed by atoms with van der Waals surface area (Å²) >= 11 is 0. The third-order valence-electron chi connectivity index (χ3n) is 7.54. The number of carbonyl (C=O) groups is 1. The van der Waals surface area contributed by atoms with Gasteiger partial charge in [0.25, 0.3) is 0 Å². The van der Waals surface area contributed by atoms with Crippen molar-refractivity contribution < 1.29 is 28.5 Å². The van der Waals surface area contributed by atoms with E-state index in [1.807, 2.05) is 27.7 Å². The van der Waals surface area contributed by atoms with Crippen molar-refractivity contribution in [2.24, 2.45) is 0 Å². The molecular formula is C24H38N4O6. The minimum atomic E-state index is -0.714. The molecule has 5 aliphatic rings. The zero-order chi connectivity index (χ0) is 24.1. The fourth-order valence-corrected chi connectivity index (χ4v) is 5.95. The molecule has 5 fully saturated rings. The standard InChI is InChI=1S/C24H38N4O6/c1-23(2)31-19-17(30-22-21(20(19)32-23)33-24(3,4)34-22)14-27-10-7-15(8-11-27)26-13-18(29)28-9-5-6-16(28)12-25/h15-17,19-22,26H,5-11,13-14H2,1-4H3/t16-,17+,19-,20-,21+,22+/m0/s1. The number of nitriles is 1. The molecule has 0 aromatic heterocycles. The Morgan fingerprint density at radius 3 is 2.38 bits per heavy atom. The van der Waals surface area contributed by atoms with Gasteiger partial charge in [-0.15, -0.1) is 0 Å². The average molecular weight is 479 g/mol. The number of ether oxygens (including phenoxy) is 5. The lowest BCUT2D eigenvalue weighted by atomic mass is 9.97. The molecule has 5 saturated heterocycles. The molecule has 0 radical (unpaired) electrons. The first-order valence-electron chi connectivity index (χ1n) is 12.7. The molecule has 0 bridgehead atoms. The van der Waals surface area contributed by atoms with E-state index in [2.05, 4.69) is 16.3 Å². The highest BCUT2D eigenvalue weighted by Crippen LogP contribution is 2.44. The van der Waals surface area contributed by atoms with E-state index >= 15 is 0 Å². The molecule has 10 nitrogen and oxygen atoms in total. The van der Waals surface area contributed by atoms with Crippen LogP contribution in [0.5, 0.6) is 0 Å². The highest BCUT2D eigenvalue weighted by molar-refractivity contribution is 5.79. The second-order valence-electron chi connectivity index (χ2n) is 11.0. The van der Waals surface area contributed by atoms with Crippen molar-refractivity contribution >= 4 is 5.91 Å². The topological polar surface area (TPSA) is 106 Å². The summed E-state index contributed by atoms with van der Waals surface area (Å²) in [7, 11) is 0. The lowest BCUT2D eigenvalue weighted by Crippen LogP contribution is -2.58. The molecule has 0 spiro atoms. The van der Waals surface area contributed by atoms with Crippen LogP contribution < -0.4 is 5.32 Å². The van der Waals surface area contributed by atoms with E-state index < -0.39 is 17.9 Å². The number of fused-ring (bicyclic) bond motifs is 3. The van der Waals surface area contributed by atoms with E-state index in [4.69, 9.17) is 23.7 Å². The van der Waals surface area contributed by atoms with Gasteiger partial charge < -0.3 is 38.8 Å². The quantitative estimate of drug-likeness (QED) is 0.618. The molecule has 0 aliphatic carbocycles. The summed E-state index contributed by atoms with van der Waals surface area (Å²) in [5.74, 6) is -1.37. The first-order valence-corrected chi connectivity index (χ1v) is 12.7. The van der Waals surface area contributed by atoms with Crippen molar-refractivity contribution in [3.8, 4) is 6.07 Å². The van der Waals surface area contributed by atoms with Crippen molar-refractivity contribution in [3.05, 3.63) is 0 Å². The first-order chi connectivity index (χ1) is 16.1. The predicted octanol–water partition coefficient (Wildman–Crippen LogP) is 0.951. The molecule has 0 aromatic rings.